The highest BCUT2D eigenvalue weighted by Crippen LogP contribution is 2.27. The highest BCUT2D eigenvalue weighted by molar-refractivity contribution is 5.71. The lowest BCUT2D eigenvalue weighted by molar-refractivity contribution is -0.175. The monoisotopic (exact) mass is 963 g/mol. The molecule has 0 radical (unpaired) electrons. The van der Waals surface area contributed by atoms with E-state index < -0.39 is 37.0 Å². The van der Waals surface area contributed by atoms with Gasteiger partial charge in [-0.3, -0.25) is 14.4 Å². The Bertz CT molecular complexity index is 1140. The summed E-state index contributed by atoms with van der Waals surface area (Å²) in [5.41, 5.74) is 0. The summed E-state index contributed by atoms with van der Waals surface area (Å²) in [5.74, 6) is 1.36. The van der Waals surface area contributed by atoms with Crippen LogP contribution in [0.3, 0.4) is 0 Å². The van der Waals surface area contributed by atoms with Crippen LogP contribution in [0.1, 0.15) is 311 Å². The Morgan fingerprint density at radius 1 is 0.397 bits per heavy atom. The second kappa shape index (κ2) is 46.4. The second-order valence-corrected chi connectivity index (χ2v) is 22.5. The maximum atomic E-state index is 13.3. The minimum absolute atomic E-state index is 0.0246. The summed E-state index contributed by atoms with van der Waals surface area (Å²) >= 11 is 0. The highest BCUT2D eigenvalue weighted by Gasteiger charge is 2.47. The molecule has 1 aliphatic heterocycles. The fourth-order valence-electron chi connectivity index (χ4n) is 9.81. The molecule has 0 aromatic heterocycles. The lowest BCUT2D eigenvalue weighted by Gasteiger charge is -2.28. The molecule has 0 aliphatic carbocycles. The number of unbranched alkanes of at least 4 members (excludes halogenated alkanes) is 33. The van der Waals surface area contributed by atoms with Crippen LogP contribution in [0.4, 0.5) is 0 Å². The van der Waals surface area contributed by atoms with Crippen LogP contribution in [0.15, 0.2) is 0 Å². The van der Waals surface area contributed by atoms with E-state index in [1.165, 1.54) is 193 Å². The predicted octanol–water partition coefficient (Wildman–Crippen LogP) is 17.5. The third-order valence-corrected chi connectivity index (χ3v) is 14.3. The first-order valence-electron chi connectivity index (χ1n) is 29.8. The SMILES string of the molecule is CC(C)CCCCCCCCCCCCCCC(=O)O[C@H]1[C@@H]([C@@H](CO)OC(=O)CCCCCCCCCCCCCCC(C)C)OC[C@@H]1OC(=O)CCCCCCCCCCCCCCC(C)C. The van der Waals surface area contributed by atoms with Crippen molar-refractivity contribution < 1.29 is 38.4 Å². The van der Waals surface area contributed by atoms with Crippen LogP contribution < -0.4 is 0 Å². The molecule has 8 nitrogen and oxygen atoms in total. The lowest BCUT2D eigenvalue weighted by Crippen LogP contribution is -2.46. The molecule has 0 saturated carbocycles. The molecule has 402 valence electrons. The van der Waals surface area contributed by atoms with Crippen molar-refractivity contribution in [1.82, 2.24) is 0 Å². The van der Waals surface area contributed by atoms with Crippen molar-refractivity contribution in [2.24, 2.45) is 17.8 Å². The Balaban J connectivity index is 2.47. The van der Waals surface area contributed by atoms with Crippen molar-refractivity contribution in [2.75, 3.05) is 13.2 Å². The van der Waals surface area contributed by atoms with Crippen LogP contribution >= 0.6 is 0 Å². The number of aliphatic hydroxyl groups excluding tert-OH is 1. The summed E-state index contributed by atoms with van der Waals surface area (Å²) < 4.78 is 23.7. The van der Waals surface area contributed by atoms with Crippen LogP contribution in [0.2, 0.25) is 0 Å². The van der Waals surface area contributed by atoms with Gasteiger partial charge in [-0.2, -0.15) is 0 Å². The topological polar surface area (TPSA) is 108 Å². The average Bonchev–Trinajstić information content (AvgIpc) is 3.68. The van der Waals surface area contributed by atoms with E-state index in [4.69, 9.17) is 18.9 Å². The van der Waals surface area contributed by atoms with Gasteiger partial charge in [-0.05, 0) is 37.0 Å². The number of ether oxygens (including phenoxy) is 4. The summed E-state index contributed by atoms with van der Waals surface area (Å²) in [7, 11) is 0. The zero-order chi connectivity index (χ0) is 49.7. The molecule has 1 rings (SSSR count). The third kappa shape index (κ3) is 40.0. The normalized spacial score (nSPS) is 16.6. The highest BCUT2D eigenvalue weighted by atomic mass is 16.6. The minimum Gasteiger partial charge on any atom is -0.457 e. The maximum Gasteiger partial charge on any atom is 0.306 e. The Kier molecular flexibility index (Phi) is 43.9. The van der Waals surface area contributed by atoms with Gasteiger partial charge in [-0.1, -0.05) is 273 Å². The summed E-state index contributed by atoms with van der Waals surface area (Å²) in [6.07, 6.45) is 45.1. The molecule has 8 heteroatoms. The number of hydrogen-bond acceptors (Lipinski definition) is 8. The molecule has 0 spiro atoms. The van der Waals surface area contributed by atoms with Gasteiger partial charge in [0.15, 0.2) is 18.3 Å². The van der Waals surface area contributed by atoms with E-state index in [0.29, 0.717) is 6.42 Å². The molecule has 1 N–H and O–H groups in total. The van der Waals surface area contributed by atoms with Gasteiger partial charge >= 0.3 is 17.9 Å². The minimum atomic E-state index is -1.02. The largest absolute Gasteiger partial charge is 0.457 e. The fourth-order valence-corrected chi connectivity index (χ4v) is 9.81. The molecular weight excluding hydrogens is 849 g/mol. The van der Waals surface area contributed by atoms with Gasteiger partial charge in [0.2, 0.25) is 0 Å². The van der Waals surface area contributed by atoms with E-state index in [1.807, 2.05) is 0 Å². The van der Waals surface area contributed by atoms with Gasteiger partial charge in [0, 0.05) is 19.3 Å². The predicted molar refractivity (Wildman–Crippen MR) is 285 cm³/mol. The second-order valence-electron chi connectivity index (χ2n) is 22.5. The molecule has 4 atom stereocenters. The Morgan fingerprint density at radius 3 is 0.956 bits per heavy atom. The average molecular weight is 964 g/mol. The molecule has 0 aromatic carbocycles. The van der Waals surface area contributed by atoms with Crippen molar-refractivity contribution in [2.45, 2.75) is 336 Å². The van der Waals surface area contributed by atoms with Crippen LogP contribution in [0.5, 0.6) is 0 Å². The third-order valence-electron chi connectivity index (χ3n) is 14.3. The first-order valence-corrected chi connectivity index (χ1v) is 29.8. The number of esters is 3. The number of rotatable bonds is 50. The summed E-state index contributed by atoms with van der Waals surface area (Å²) in [5, 5.41) is 10.4. The lowest BCUT2D eigenvalue weighted by atomic mass is 10.0. The maximum absolute atomic E-state index is 13.3. The number of aliphatic hydroxyl groups is 1. The Morgan fingerprint density at radius 2 is 0.662 bits per heavy atom. The molecule has 0 amide bonds. The molecule has 1 heterocycles. The van der Waals surface area contributed by atoms with Crippen LogP contribution in [0.25, 0.3) is 0 Å². The van der Waals surface area contributed by atoms with Crippen molar-refractivity contribution >= 4 is 17.9 Å². The number of hydrogen-bond donors (Lipinski definition) is 1. The van der Waals surface area contributed by atoms with Crippen LogP contribution in [0, 0.1) is 17.8 Å². The van der Waals surface area contributed by atoms with Gasteiger partial charge in [0.05, 0.1) is 13.2 Å². The first kappa shape index (κ1) is 64.3. The van der Waals surface area contributed by atoms with Crippen LogP contribution in [-0.4, -0.2) is 60.6 Å². The van der Waals surface area contributed by atoms with E-state index in [9.17, 15) is 19.5 Å². The zero-order valence-corrected chi connectivity index (χ0v) is 46.0. The smallest absolute Gasteiger partial charge is 0.306 e. The molecule has 68 heavy (non-hydrogen) atoms. The standard InChI is InChI=1S/C60H114O8/c1-51(2)43-37-31-25-19-13-7-10-16-22-28-34-40-46-56(62)66-54(49-61)59-60(68-58(64)48-42-36-30-24-18-12-9-15-21-27-33-39-45-53(5)6)55(50-65-59)67-57(63)47-41-35-29-23-17-11-8-14-20-26-32-38-44-52(3)4/h51-55,59-61H,7-50H2,1-6H3/t54-,55+,59-,60-/m1/s1. The van der Waals surface area contributed by atoms with Crippen molar-refractivity contribution in [3.05, 3.63) is 0 Å². The molecule has 0 bridgehead atoms. The van der Waals surface area contributed by atoms with Gasteiger partial charge in [-0.15, -0.1) is 0 Å². The first-order chi connectivity index (χ1) is 33.0. The van der Waals surface area contributed by atoms with Gasteiger partial charge in [-0.25, -0.2) is 0 Å². The molecule has 1 aliphatic rings. The number of carbonyl (C=O) groups excluding carboxylic acids is 3. The van der Waals surface area contributed by atoms with E-state index in [0.717, 1.165) is 75.5 Å². The molecular formula is C60H114O8. The van der Waals surface area contributed by atoms with Gasteiger partial charge in [0.1, 0.15) is 6.10 Å². The summed E-state index contributed by atoms with van der Waals surface area (Å²) in [6, 6.07) is 0. The van der Waals surface area contributed by atoms with Gasteiger partial charge < -0.3 is 24.1 Å². The zero-order valence-electron chi connectivity index (χ0n) is 46.0. The van der Waals surface area contributed by atoms with E-state index in [1.54, 1.807) is 0 Å². The Labute approximate surface area is 421 Å². The van der Waals surface area contributed by atoms with Crippen molar-refractivity contribution in [3.8, 4) is 0 Å². The molecule has 1 fully saturated rings. The van der Waals surface area contributed by atoms with Crippen LogP contribution in [-0.2, 0) is 33.3 Å². The molecule has 1 saturated heterocycles. The summed E-state index contributed by atoms with van der Waals surface area (Å²) in [6.45, 7) is 13.4. The van der Waals surface area contributed by atoms with E-state index in [2.05, 4.69) is 41.5 Å². The number of carbonyl (C=O) groups is 3. The van der Waals surface area contributed by atoms with Gasteiger partial charge in [0.25, 0.3) is 0 Å². The van der Waals surface area contributed by atoms with Crippen molar-refractivity contribution in [1.29, 1.82) is 0 Å². The molecule has 0 aromatic rings. The van der Waals surface area contributed by atoms with Crippen molar-refractivity contribution in [3.63, 3.8) is 0 Å². The van der Waals surface area contributed by atoms with E-state index in [-0.39, 0.29) is 31.4 Å². The Hall–Kier alpha value is -1.67. The summed E-state index contributed by atoms with van der Waals surface area (Å²) in [4.78, 5) is 39.3. The quantitative estimate of drug-likeness (QED) is 0.0365. The van der Waals surface area contributed by atoms with E-state index >= 15 is 0 Å². The molecule has 0 unspecified atom stereocenters. The fraction of sp³-hybridized carbons (Fsp3) is 0.950.